The number of hydrogen-bond donors (Lipinski definition) is 0. The Morgan fingerprint density at radius 3 is 2.33 bits per heavy atom. The van der Waals surface area contributed by atoms with E-state index in [4.69, 9.17) is 4.74 Å². The van der Waals surface area contributed by atoms with Crippen LogP contribution in [-0.4, -0.2) is 35.3 Å². The molecule has 6 nitrogen and oxygen atoms in total. The van der Waals surface area contributed by atoms with Crippen LogP contribution >= 0.6 is 22.6 Å². The highest BCUT2D eigenvalue weighted by Crippen LogP contribution is 2.27. The number of halogens is 2. The summed E-state index contributed by atoms with van der Waals surface area (Å²) in [7, 11) is 0. The van der Waals surface area contributed by atoms with Crippen LogP contribution in [0.5, 0.6) is 5.75 Å². The van der Waals surface area contributed by atoms with E-state index in [9.17, 15) is 18.8 Å². The Balaban J connectivity index is 1.58. The number of imide groups is 1. The van der Waals surface area contributed by atoms with Gasteiger partial charge in [-0.2, -0.15) is 0 Å². The molecule has 1 heterocycles. The molecule has 0 bridgehead atoms. The maximum Gasteiger partial charge on any atom is 0.261 e. The molecule has 8 heteroatoms. The van der Waals surface area contributed by atoms with E-state index in [1.54, 1.807) is 60.7 Å². The molecule has 1 saturated heterocycles. The van der Waals surface area contributed by atoms with Gasteiger partial charge in [0.1, 0.15) is 17.6 Å². The molecule has 1 aliphatic heterocycles. The number of carbonyl (C=O) groups excluding carboxylic acids is 3. The van der Waals surface area contributed by atoms with Gasteiger partial charge in [0.25, 0.3) is 11.8 Å². The molecule has 168 valence electrons. The lowest BCUT2D eigenvalue weighted by Gasteiger charge is -2.28. The maximum absolute atomic E-state index is 13.4. The second-order valence-corrected chi connectivity index (χ2v) is 8.76. The lowest BCUT2D eigenvalue weighted by atomic mass is 10.1. The van der Waals surface area contributed by atoms with E-state index < -0.39 is 23.7 Å². The highest BCUT2D eigenvalue weighted by atomic mass is 127. The third-order valence-electron chi connectivity index (χ3n) is 5.28. The van der Waals surface area contributed by atoms with Crippen molar-refractivity contribution in [3.63, 3.8) is 0 Å². The number of anilines is 1. The van der Waals surface area contributed by atoms with Crippen LogP contribution in [-0.2, 0) is 20.9 Å². The number of rotatable bonds is 7. The van der Waals surface area contributed by atoms with Crippen molar-refractivity contribution in [3.05, 3.63) is 93.8 Å². The molecule has 0 saturated carbocycles. The zero-order valence-corrected chi connectivity index (χ0v) is 19.6. The average Bonchev–Trinajstić information content (AvgIpc) is 3.12. The fraction of sp³-hybridized carbons (Fsp3) is 0.160. The normalized spacial score (nSPS) is 15.6. The molecule has 0 aliphatic carbocycles. The highest BCUT2D eigenvalue weighted by Gasteiger charge is 2.44. The number of para-hydroxylation sites is 1. The van der Waals surface area contributed by atoms with E-state index in [1.807, 2.05) is 6.07 Å². The first-order chi connectivity index (χ1) is 15.9. The Labute approximate surface area is 204 Å². The van der Waals surface area contributed by atoms with Gasteiger partial charge in [-0.25, -0.2) is 9.29 Å². The number of carbonyl (C=O) groups is 3. The lowest BCUT2D eigenvalue weighted by molar-refractivity contribution is -0.140. The molecule has 0 N–H and O–H groups in total. The summed E-state index contributed by atoms with van der Waals surface area (Å²) in [5.74, 6) is -1.19. The number of amides is 3. The number of nitrogens with zero attached hydrogens (tertiary/aromatic N) is 2. The van der Waals surface area contributed by atoms with Crippen LogP contribution in [0.1, 0.15) is 12.0 Å². The van der Waals surface area contributed by atoms with E-state index in [0.717, 1.165) is 8.47 Å². The summed E-state index contributed by atoms with van der Waals surface area (Å²) in [4.78, 5) is 41.7. The second kappa shape index (κ2) is 10.1. The van der Waals surface area contributed by atoms with Gasteiger partial charge in [-0.15, -0.1) is 0 Å². The Hall–Kier alpha value is -3.27. The lowest BCUT2D eigenvalue weighted by Crippen LogP contribution is -2.46. The van der Waals surface area contributed by atoms with E-state index in [-0.39, 0.29) is 25.5 Å². The van der Waals surface area contributed by atoms with Gasteiger partial charge in [0, 0.05) is 10.1 Å². The van der Waals surface area contributed by atoms with E-state index in [0.29, 0.717) is 17.0 Å². The third-order valence-corrected chi connectivity index (χ3v) is 6.00. The van der Waals surface area contributed by atoms with Crippen molar-refractivity contribution in [2.24, 2.45) is 0 Å². The molecule has 3 aromatic rings. The number of benzene rings is 3. The fourth-order valence-corrected chi connectivity index (χ4v) is 3.98. The zero-order valence-electron chi connectivity index (χ0n) is 17.5. The van der Waals surface area contributed by atoms with Gasteiger partial charge in [-0.1, -0.05) is 30.3 Å². The quantitative estimate of drug-likeness (QED) is 0.323. The first kappa shape index (κ1) is 22.9. The average molecular weight is 558 g/mol. The molecular weight excluding hydrogens is 538 g/mol. The maximum atomic E-state index is 13.4. The Morgan fingerprint density at radius 2 is 1.67 bits per heavy atom. The van der Waals surface area contributed by atoms with Crippen molar-refractivity contribution in [2.75, 3.05) is 11.5 Å². The van der Waals surface area contributed by atoms with E-state index in [2.05, 4.69) is 22.6 Å². The molecule has 1 aliphatic rings. The van der Waals surface area contributed by atoms with Crippen molar-refractivity contribution in [2.45, 2.75) is 19.0 Å². The molecule has 0 radical (unpaired) electrons. The van der Waals surface area contributed by atoms with Crippen LogP contribution in [0.2, 0.25) is 0 Å². The molecule has 3 aromatic carbocycles. The van der Waals surface area contributed by atoms with Crippen LogP contribution in [0.4, 0.5) is 10.1 Å². The standard InChI is InChI=1S/C25H20FIN2O4/c26-18-8-6-17(7-9-18)15-28(24(31)16-33-21-4-2-1-3-5-21)22-14-23(30)29(25(22)32)20-12-10-19(27)11-13-20/h1-13,22H,14-16H2. The largest absolute Gasteiger partial charge is 0.484 e. The van der Waals surface area contributed by atoms with E-state index >= 15 is 0 Å². The summed E-state index contributed by atoms with van der Waals surface area (Å²) < 4.78 is 19.9. The minimum Gasteiger partial charge on any atom is -0.484 e. The van der Waals surface area contributed by atoms with Crippen molar-refractivity contribution in [1.82, 2.24) is 4.90 Å². The van der Waals surface area contributed by atoms with Gasteiger partial charge < -0.3 is 9.64 Å². The topological polar surface area (TPSA) is 66.9 Å². The van der Waals surface area contributed by atoms with Crippen LogP contribution in [0, 0.1) is 9.39 Å². The van der Waals surface area contributed by atoms with Gasteiger partial charge >= 0.3 is 0 Å². The van der Waals surface area contributed by atoms with Crippen molar-refractivity contribution < 1.29 is 23.5 Å². The molecule has 3 amide bonds. The van der Waals surface area contributed by atoms with Crippen LogP contribution in [0.3, 0.4) is 0 Å². The minimum atomic E-state index is -0.978. The summed E-state index contributed by atoms with van der Waals surface area (Å²) in [6.45, 7) is -0.256. The van der Waals surface area contributed by atoms with Crippen LogP contribution in [0.25, 0.3) is 0 Å². The summed E-state index contributed by atoms with van der Waals surface area (Å²) >= 11 is 2.14. The Kier molecular flexibility index (Phi) is 7.02. The van der Waals surface area contributed by atoms with Gasteiger partial charge in [-0.3, -0.25) is 14.4 Å². The van der Waals surface area contributed by atoms with Crippen molar-refractivity contribution in [3.8, 4) is 5.75 Å². The number of hydrogen-bond acceptors (Lipinski definition) is 4. The number of ether oxygens (including phenoxy) is 1. The highest BCUT2D eigenvalue weighted by molar-refractivity contribution is 14.1. The van der Waals surface area contributed by atoms with Crippen LogP contribution < -0.4 is 9.64 Å². The van der Waals surface area contributed by atoms with Gasteiger partial charge in [0.15, 0.2) is 6.61 Å². The molecule has 1 fully saturated rings. The monoisotopic (exact) mass is 558 g/mol. The Morgan fingerprint density at radius 1 is 1.00 bits per heavy atom. The predicted octanol–water partition coefficient (Wildman–Crippen LogP) is 4.17. The minimum absolute atomic E-state index is 0.0431. The summed E-state index contributed by atoms with van der Waals surface area (Å²) in [6, 6.07) is 20.6. The van der Waals surface area contributed by atoms with Crippen molar-refractivity contribution in [1.29, 1.82) is 0 Å². The SMILES string of the molecule is O=C1CC(N(Cc2ccc(F)cc2)C(=O)COc2ccccc2)C(=O)N1c1ccc(I)cc1. The molecule has 33 heavy (non-hydrogen) atoms. The molecular formula is C25H20FIN2O4. The summed E-state index contributed by atoms with van der Waals surface area (Å²) in [5.41, 5.74) is 1.10. The predicted molar refractivity (Wildman–Crippen MR) is 129 cm³/mol. The van der Waals surface area contributed by atoms with Crippen molar-refractivity contribution >= 4 is 46.0 Å². The molecule has 4 rings (SSSR count). The fourth-order valence-electron chi connectivity index (χ4n) is 3.62. The van der Waals surface area contributed by atoms with E-state index in [1.165, 1.54) is 17.0 Å². The first-order valence-electron chi connectivity index (χ1n) is 10.3. The molecule has 0 aromatic heterocycles. The molecule has 0 spiro atoms. The first-order valence-corrected chi connectivity index (χ1v) is 11.3. The van der Waals surface area contributed by atoms with Gasteiger partial charge in [0.05, 0.1) is 12.1 Å². The molecule has 1 unspecified atom stereocenters. The summed E-state index contributed by atoms with van der Waals surface area (Å²) in [5, 5.41) is 0. The zero-order chi connectivity index (χ0) is 23.4. The molecule has 1 atom stereocenters. The second-order valence-electron chi connectivity index (χ2n) is 7.51. The van der Waals surface area contributed by atoms with Crippen LogP contribution in [0.15, 0.2) is 78.9 Å². The smallest absolute Gasteiger partial charge is 0.261 e. The van der Waals surface area contributed by atoms with Gasteiger partial charge in [0.2, 0.25) is 5.91 Å². The summed E-state index contributed by atoms with van der Waals surface area (Å²) in [6.07, 6.45) is -0.136. The van der Waals surface area contributed by atoms with Gasteiger partial charge in [-0.05, 0) is 76.7 Å². The third kappa shape index (κ3) is 5.39. The Bertz CT molecular complexity index is 1150.